The van der Waals surface area contributed by atoms with E-state index < -0.39 is 0 Å². The first-order valence-corrected chi connectivity index (χ1v) is 4.56. The van der Waals surface area contributed by atoms with Gasteiger partial charge in [0.05, 0.1) is 5.69 Å². The molecule has 0 radical (unpaired) electrons. The molecule has 1 aliphatic rings. The van der Waals surface area contributed by atoms with Crippen LogP contribution in [0.15, 0.2) is 18.2 Å². The van der Waals surface area contributed by atoms with Crippen LogP contribution >= 0.6 is 0 Å². The van der Waals surface area contributed by atoms with Gasteiger partial charge >= 0.3 is 0 Å². The number of carbonyl (C=O) groups is 1. The average molecular weight is 192 g/mol. The Bertz CT molecular complexity index is 363. The number of fused-ring (bicyclic) bond motifs is 1. The van der Waals surface area contributed by atoms with Gasteiger partial charge in [-0.2, -0.15) is 0 Å². The van der Waals surface area contributed by atoms with Crippen LogP contribution in [-0.4, -0.2) is 19.1 Å². The van der Waals surface area contributed by atoms with Crippen LogP contribution in [-0.2, 0) is 11.2 Å². The van der Waals surface area contributed by atoms with Crippen LogP contribution in [0, 0.1) is 0 Å². The minimum absolute atomic E-state index is 0.0918. The van der Waals surface area contributed by atoms with Gasteiger partial charge in [0, 0.05) is 0 Å². The molecule has 3 N–H and O–H groups in total. The predicted octanol–water partition coefficient (Wildman–Crippen LogP) is 0.519. The third kappa shape index (κ3) is 1.56. The summed E-state index contributed by atoms with van der Waals surface area (Å²) in [5.74, 6) is 0.653. The van der Waals surface area contributed by atoms with Gasteiger partial charge in [0.2, 0.25) is 0 Å². The highest BCUT2D eigenvalue weighted by atomic mass is 16.5. The largest absolute Gasteiger partial charge is 0.481 e. The summed E-state index contributed by atoms with van der Waals surface area (Å²) in [5.41, 5.74) is 7.27. The van der Waals surface area contributed by atoms with Gasteiger partial charge in [-0.15, -0.1) is 0 Å². The van der Waals surface area contributed by atoms with Gasteiger partial charge in [-0.1, -0.05) is 12.1 Å². The quantitative estimate of drug-likeness (QED) is 0.718. The molecule has 0 saturated heterocycles. The Balaban J connectivity index is 2.36. The molecule has 1 aromatic carbocycles. The average Bonchev–Trinajstić information content (AvgIpc) is 2.18. The lowest BCUT2D eigenvalue weighted by atomic mass is 10.1. The highest BCUT2D eigenvalue weighted by molar-refractivity contribution is 5.95. The maximum atomic E-state index is 11.0. The van der Waals surface area contributed by atoms with Crippen molar-refractivity contribution in [2.24, 2.45) is 5.73 Å². The Labute approximate surface area is 82.1 Å². The van der Waals surface area contributed by atoms with Crippen LogP contribution in [0.4, 0.5) is 5.69 Å². The second-order valence-electron chi connectivity index (χ2n) is 3.17. The Morgan fingerprint density at radius 3 is 3.14 bits per heavy atom. The molecule has 0 spiro atoms. The number of rotatable bonds is 2. The number of nitrogens with one attached hydrogen (secondary N) is 1. The smallest absolute Gasteiger partial charge is 0.262 e. The summed E-state index contributed by atoms with van der Waals surface area (Å²) in [7, 11) is 0. The van der Waals surface area contributed by atoms with Crippen molar-refractivity contribution in [1.82, 2.24) is 0 Å². The van der Waals surface area contributed by atoms with Crippen LogP contribution in [0.25, 0.3) is 0 Å². The normalized spacial score (nSPS) is 14.2. The maximum absolute atomic E-state index is 11.0. The molecule has 4 heteroatoms. The first kappa shape index (κ1) is 9.02. The number of nitrogens with two attached hydrogens (primary N) is 1. The lowest BCUT2D eigenvalue weighted by Gasteiger charge is -2.20. The zero-order valence-corrected chi connectivity index (χ0v) is 7.75. The van der Waals surface area contributed by atoms with E-state index in [9.17, 15) is 4.79 Å². The van der Waals surface area contributed by atoms with Gasteiger partial charge in [-0.25, -0.2) is 0 Å². The SMILES string of the molecule is NCCc1cccc2c1OCC(=O)N2. The molecule has 0 atom stereocenters. The molecule has 2 rings (SSSR count). The summed E-state index contributed by atoms with van der Waals surface area (Å²) in [5, 5.41) is 2.75. The second kappa shape index (κ2) is 3.67. The van der Waals surface area contributed by atoms with Crippen molar-refractivity contribution in [3.8, 4) is 5.75 Å². The number of hydrogen-bond acceptors (Lipinski definition) is 3. The third-order valence-corrected chi connectivity index (χ3v) is 2.13. The highest BCUT2D eigenvalue weighted by Gasteiger charge is 2.17. The second-order valence-corrected chi connectivity index (χ2v) is 3.17. The molecule has 0 unspecified atom stereocenters. The summed E-state index contributed by atoms with van der Waals surface area (Å²) < 4.78 is 5.35. The first-order chi connectivity index (χ1) is 6.81. The monoisotopic (exact) mass is 192 g/mol. The van der Waals surface area contributed by atoms with Gasteiger partial charge in [-0.05, 0) is 24.6 Å². The van der Waals surface area contributed by atoms with E-state index in [-0.39, 0.29) is 12.5 Å². The van der Waals surface area contributed by atoms with Crippen LogP contribution in [0.5, 0.6) is 5.75 Å². The van der Waals surface area contributed by atoms with Crippen LogP contribution < -0.4 is 15.8 Å². The van der Waals surface area contributed by atoms with E-state index in [0.717, 1.165) is 23.4 Å². The van der Waals surface area contributed by atoms with Gasteiger partial charge < -0.3 is 15.8 Å². The molecule has 14 heavy (non-hydrogen) atoms. The molecule has 0 bridgehead atoms. The lowest BCUT2D eigenvalue weighted by Crippen LogP contribution is -2.26. The molecular weight excluding hydrogens is 180 g/mol. The maximum Gasteiger partial charge on any atom is 0.262 e. The molecule has 0 aromatic heterocycles. The van der Waals surface area contributed by atoms with E-state index in [4.69, 9.17) is 10.5 Å². The van der Waals surface area contributed by atoms with E-state index >= 15 is 0 Å². The van der Waals surface area contributed by atoms with Crippen molar-refractivity contribution in [1.29, 1.82) is 0 Å². The third-order valence-electron chi connectivity index (χ3n) is 2.13. The predicted molar refractivity (Wildman–Crippen MR) is 53.3 cm³/mol. The van der Waals surface area contributed by atoms with E-state index in [1.807, 2.05) is 18.2 Å². The van der Waals surface area contributed by atoms with Crippen molar-refractivity contribution in [3.05, 3.63) is 23.8 Å². The molecule has 0 aliphatic carbocycles. The number of ether oxygens (including phenoxy) is 1. The highest BCUT2D eigenvalue weighted by Crippen LogP contribution is 2.31. The Morgan fingerprint density at radius 1 is 1.50 bits per heavy atom. The zero-order valence-electron chi connectivity index (χ0n) is 7.75. The standard InChI is InChI=1S/C10H12N2O2/c11-5-4-7-2-1-3-8-10(7)14-6-9(13)12-8/h1-3H,4-6,11H2,(H,12,13). The summed E-state index contributed by atoms with van der Waals surface area (Å²) in [6.45, 7) is 0.669. The van der Waals surface area contributed by atoms with Crippen molar-refractivity contribution >= 4 is 11.6 Å². The number of hydrogen-bond donors (Lipinski definition) is 2. The van der Waals surface area contributed by atoms with Crippen molar-refractivity contribution in [2.75, 3.05) is 18.5 Å². The van der Waals surface area contributed by atoms with Crippen LogP contribution in [0.1, 0.15) is 5.56 Å². The van der Waals surface area contributed by atoms with Crippen molar-refractivity contribution in [2.45, 2.75) is 6.42 Å². The zero-order chi connectivity index (χ0) is 9.97. The fourth-order valence-electron chi connectivity index (χ4n) is 1.53. The van der Waals surface area contributed by atoms with Gasteiger partial charge in [0.1, 0.15) is 5.75 Å². The minimum atomic E-state index is -0.109. The molecule has 1 aromatic rings. The molecule has 1 heterocycles. The van der Waals surface area contributed by atoms with Crippen LogP contribution in [0.3, 0.4) is 0 Å². The summed E-state index contributed by atoms with van der Waals surface area (Å²) in [6.07, 6.45) is 0.763. The first-order valence-electron chi connectivity index (χ1n) is 4.56. The molecule has 1 amide bonds. The Hall–Kier alpha value is -1.55. The Kier molecular flexibility index (Phi) is 2.37. The minimum Gasteiger partial charge on any atom is -0.481 e. The van der Waals surface area contributed by atoms with Gasteiger partial charge in [0.25, 0.3) is 5.91 Å². The van der Waals surface area contributed by atoms with Crippen molar-refractivity contribution in [3.63, 3.8) is 0 Å². The Morgan fingerprint density at radius 2 is 2.36 bits per heavy atom. The number of anilines is 1. The fraction of sp³-hybridized carbons (Fsp3) is 0.300. The van der Waals surface area contributed by atoms with E-state index in [2.05, 4.69) is 5.32 Å². The van der Waals surface area contributed by atoms with E-state index in [1.165, 1.54) is 0 Å². The summed E-state index contributed by atoms with van der Waals surface area (Å²) >= 11 is 0. The topological polar surface area (TPSA) is 64.3 Å². The number of amides is 1. The molecule has 0 saturated carbocycles. The van der Waals surface area contributed by atoms with E-state index in [1.54, 1.807) is 0 Å². The van der Waals surface area contributed by atoms with Gasteiger partial charge in [0.15, 0.2) is 6.61 Å². The fourth-order valence-corrected chi connectivity index (χ4v) is 1.53. The molecule has 1 aliphatic heterocycles. The molecular formula is C10H12N2O2. The number of para-hydroxylation sites is 1. The van der Waals surface area contributed by atoms with Crippen LogP contribution in [0.2, 0.25) is 0 Å². The molecule has 0 fully saturated rings. The summed E-state index contributed by atoms with van der Waals surface area (Å²) in [6, 6.07) is 5.67. The number of carbonyl (C=O) groups excluding carboxylic acids is 1. The lowest BCUT2D eigenvalue weighted by molar-refractivity contribution is -0.118. The van der Waals surface area contributed by atoms with E-state index in [0.29, 0.717) is 6.54 Å². The van der Waals surface area contributed by atoms with Gasteiger partial charge in [-0.3, -0.25) is 4.79 Å². The van der Waals surface area contributed by atoms with Crippen molar-refractivity contribution < 1.29 is 9.53 Å². The molecule has 4 nitrogen and oxygen atoms in total. The molecule has 74 valence electrons. The summed E-state index contributed by atoms with van der Waals surface area (Å²) in [4.78, 5) is 11.0. The number of benzene rings is 1.